The van der Waals surface area contributed by atoms with E-state index in [1.165, 1.54) is 36.4 Å². The maximum atomic E-state index is 13.0. The molecule has 1 saturated heterocycles. The number of carbonyl (C=O) groups is 4. The Labute approximate surface area is 199 Å². The molecule has 4 amide bonds. The lowest BCUT2D eigenvalue weighted by molar-refractivity contribution is -0.122. The van der Waals surface area contributed by atoms with Gasteiger partial charge in [0.05, 0.1) is 16.3 Å². The summed E-state index contributed by atoms with van der Waals surface area (Å²) < 4.78 is 5.73. The van der Waals surface area contributed by atoms with Gasteiger partial charge in [0.2, 0.25) is 0 Å². The van der Waals surface area contributed by atoms with Gasteiger partial charge in [-0.1, -0.05) is 48.0 Å². The Morgan fingerprint density at radius 3 is 2.35 bits per heavy atom. The Balaban J connectivity index is 1.56. The maximum absolute atomic E-state index is 13.0. The van der Waals surface area contributed by atoms with E-state index in [1.807, 2.05) is 30.3 Å². The topological polar surface area (TPSA) is 113 Å². The maximum Gasteiger partial charge on any atom is 0.335 e. The highest BCUT2D eigenvalue weighted by Gasteiger charge is 2.36. The molecule has 0 bridgehead atoms. The fourth-order valence-corrected chi connectivity index (χ4v) is 3.51. The van der Waals surface area contributed by atoms with Crippen molar-refractivity contribution in [3.05, 3.63) is 100 Å². The summed E-state index contributed by atoms with van der Waals surface area (Å²) in [7, 11) is 0. The lowest BCUT2D eigenvalue weighted by Crippen LogP contribution is -2.54. The molecule has 1 aliphatic rings. The molecule has 170 valence electrons. The number of carboxylic acid groups (broad SMARTS) is 1. The lowest BCUT2D eigenvalue weighted by Gasteiger charge is -2.26. The number of aromatic carboxylic acids is 1. The van der Waals surface area contributed by atoms with Crippen molar-refractivity contribution >= 4 is 47.2 Å². The van der Waals surface area contributed by atoms with E-state index in [-0.39, 0.29) is 21.8 Å². The third kappa shape index (κ3) is 4.82. The van der Waals surface area contributed by atoms with E-state index in [4.69, 9.17) is 21.4 Å². The Morgan fingerprint density at radius 2 is 1.71 bits per heavy atom. The minimum Gasteiger partial charge on any atom is -0.487 e. The molecule has 4 rings (SSSR count). The predicted molar refractivity (Wildman–Crippen MR) is 125 cm³/mol. The van der Waals surface area contributed by atoms with Crippen LogP contribution in [-0.2, 0) is 16.2 Å². The monoisotopic (exact) mass is 476 g/mol. The summed E-state index contributed by atoms with van der Waals surface area (Å²) in [6.45, 7) is 0.319. The minimum absolute atomic E-state index is 0.00956. The molecule has 3 aromatic carbocycles. The van der Waals surface area contributed by atoms with E-state index in [1.54, 1.807) is 12.1 Å². The van der Waals surface area contributed by atoms with Crippen LogP contribution < -0.4 is 15.0 Å². The molecular formula is C25H17ClN2O6. The van der Waals surface area contributed by atoms with E-state index in [9.17, 15) is 19.2 Å². The second-order valence-electron chi connectivity index (χ2n) is 7.27. The van der Waals surface area contributed by atoms with Crippen molar-refractivity contribution in [2.45, 2.75) is 6.61 Å². The van der Waals surface area contributed by atoms with Crippen LogP contribution in [0.3, 0.4) is 0 Å². The zero-order chi connectivity index (χ0) is 24.2. The molecule has 1 aliphatic heterocycles. The van der Waals surface area contributed by atoms with E-state index >= 15 is 0 Å². The van der Waals surface area contributed by atoms with Crippen molar-refractivity contribution in [2.24, 2.45) is 0 Å². The third-order valence-corrected chi connectivity index (χ3v) is 5.27. The summed E-state index contributed by atoms with van der Waals surface area (Å²) in [4.78, 5) is 49.5. The van der Waals surface area contributed by atoms with Crippen LogP contribution in [0, 0.1) is 0 Å². The average Bonchev–Trinajstić information content (AvgIpc) is 2.82. The fraction of sp³-hybridized carbons (Fsp3) is 0.0400. The highest BCUT2D eigenvalue weighted by atomic mass is 35.5. The Hall–Kier alpha value is -4.43. The molecule has 2 N–H and O–H groups in total. The first-order valence-electron chi connectivity index (χ1n) is 10.0. The van der Waals surface area contributed by atoms with Crippen LogP contribution >= 0.6 is 11.6 Å². The number of carboxylic acids is 1. The summed E-state index contributed by atoms with van der Waals surface area (Å²) in [6, 6.07) is 18.5. The van der Waals surface area contributed by atoms with E-state index < -0.39 is 23.8 Å². The van der Waals surface area contributed by atoms with Crippen LogP contribution in [0.25, 0.3) is 6.08 Å². The Kier molecular flexibility index (Phi) is 6.42. The number of carbonyl (C=O) groups excluding carboxylic acids is 3. The molecule has 1 fully saturated rings. The number of hydrogen-bond donors (Lipinski definition) is 2. The first-order valence-corrected chi connectivity index (χ1v) is 10.4. The van der Waals surface area contributed by atoms with Gasteiger partial charge in [-0.15, -0.1) is 0 Å². The zero-order valence-corrected chi connectivity index (χ0v) is 18.3. The largest absolute Gasteiger partial charge is 0.487 e. The third-order valence-electron chi connectivity index (χ3n) is 4.98. The number of imide groups is 2. The van der Waals surface area contributed by atoms with Crippen molar-refractivity contribution in [1.29, 1.82) is 0 Å². The molecule has 0 spiro atoms. The van der Waals surface area contributed by atoms with Crippen LogP contribution in [0.2, 0.25) is 5.02 Å². The number of benzene rings is 3. The van der Waals surface area contributed by atoms with Crippen LogP contribution in [0.15, 0.2) is 78.4 Å². The quantitative estimate of drug-likeness (QED) is 0.405. The number of nitrogens with one attached hydrogen (secondary N) is 1. The van der Waals surface area contributed by atoms with Gasteiger partial charge >= 0.3 is 12.0 Å². The van der Waals surface area contributed by atoms with Gasteiger partial charge in [0.25, 0.3) is 11.8 Å². The number of anilines is 1. The molecule has 1 heterocycles. The van der Waals surface area contributed by atoms with E-state index in [0.29, 0.717) is 17.9 Å². The number of hydrogen-bond acceptors (Lipinski definition) is 5. The van der Waals surface area contributed by atoms with Gasteiger partial charge in [0.15, 0.2) is 0 Å². The van der Waals surface area contributed by atoms with E-state index in [2.05, 4.69) is 5.32 Å². The van der Waals surface area contributed by atoms with Crippen molar-refractivity contribution in [3.8, 4) is 5.75 Å². The van der Waals surface area contributed by atoms with Crippen LogP contribution in [0.4, 0.5) is 10.5 Å². The predicted octanol–water partition coefficient (Wildman–Crippen LogP) is 4.28. The van der Waals surface area contributed by atoms with Gasteiger partial charge in [-0.3, -0.25) is 14.9 Å². The number of nitrogens with zero attached hydrogens (tertiary/aromatic N) is 1. The molecule has 0 aliphatic carbocycles. The fourth-order valence-electron chi connectivity index (χ4n) is 3.27. The Morgan fingerprint density at radius 1 is 1.00 bits per heavy atom. The molecule has 8 nitrogen and oxygen atoms in total. The summed E-state index contributed by atoms with van der Waals surface area (Å²) >= 11 is 6.32. The molecule has 0 atom stereocenters. The van der Waals surface area contributed by atoms with Gasteiger partial charge in [0, 0.05) is 0 Å². The van der Waals surface area contributed by atoms with Crippen molar-refractivity contribution < 1.29 is 29.0 Å². The number of urea groups is 1. The smallest absolute Gasteiger partial charge is 0.335 e. The van der Waals surface area contributed by atoms with Crippen LogP contribution in [-0.4, -0.2) is 28.9 Å². The van der Waals surface area contributed by atoms with Gasteiger partial charge in [-0.05, 0) is 53.6 Å². The van der Waals surface area contributed by atoms with Crippen molar-refractivity contribution in [3.63, 3.8) is 0 Å². The minimum atomic E-state index is -1.15. The van der Waals surface area contributed by atoms with Crippen LogP contribution in [0.5, 0.6) is 5.75 Å². The second-order valence-corrected chi connectivity index (χ2v) is 7.68. The first-order chi connectivity index (χ1) is 16.3. The number of barbiturate groups is 1. The summed E-state index contributed by atoms with van der Waals surface area (Å²) in [5.74, 6) is -2.42. The molecule has 0 saturated carbocycles. The molecule has 0 radical (unpaired) electrons. The van der Waals surface area contributed by atoms with Gasteiger partial charge in [-0.2, -0.15) is 0 Å². The molecule has 3 aromatic rings. The van der Waals surface area contributed by atoms with Crippen LogP contribution in [0.1, 0.15) is 21.5 Å². The molecule has 0 aromatic heterocycles. The average molecular weight is 477 g/mol. The number of amides is 4. The summed E-state index contributed by atoms with van der Waals surface area (Å²) in [6.07, 6.45) is 1.32. The molecule has 34 heavy (non-hydrogen) atoms. The van der Waals surface area contributed by atoms with Crippen molar-refractivity contribution in [2.75, 3.05) is 4.90 Å². The Bertz CT molecular complexity index is 1320. The molecule has 0 unspecified atom stereocenters. The second kappa shape index (κ2) is 9.60. The van der Waals surface area contributed by atoms with Gasteiger partial charge in [-0.25, -0.2) is 14.5 Å². The SMILES string of the molecule is O=C1NC(=O)N(c2ccc(C(=O)O)cc2)C(=O)/C1=C/c1ccc(OCc2ccccc2)c(Cl)c1. The summed E-state index contributed by atoms with van der Waals surface area (Å²) in [5.41, 5.74) is 1.25. The molecule has 9 heteroatoms. The van der Waals surface area contributed by atoms with E-state index in [0.717, 1.165) is 10.5 Å². The summed E-state index contributed by atoms with van der Waals surface area (Å²) in [5, 5.41) is 11.4. The lowest BCUT2D eigenvalue weighted by atomic mass is 10.1. The molecular weight excluding hydrogens is 460 g/mol. The number of ether oxygens (including phenoxy) is 1. The number of rotatable bonds is 6. The normalized spacial score (nSPS) is 14.8. The number of halogens is 1. The van der Waals surface area contributed by atoms with Gasteiger partial charge < -0.3 is 9.84 Å². The van der Waals surface area contributed by atoms with Gasteiger partial charge in [0.1, 0.15) is 17.9 Å². The first kappa shape index (κ1) is 22.8. The standard InChI is InChI=1S/C25H17ClN2O6/c26-20-13-16(6-11-21(20)34-14-15-4-2-1-3-5-15)12-19-22(29)27-25(33)28(23(19)30)18-9-7-17(8-10-18)24(31)32/h1-13H,14H2,(H,31,32)(H,27,29,33)/b19-12+. The highest BCUT2D eigenvalue weighted by Crippen LogP contribution is 2.28. The van der Waals surface area contributed by atoms with Crippen molar-refractivity contribution in [1.82, 2.24) is 5.32 Å². The highest BCUT2D eigenvalue weighted by molar-refractivity contribution is 6.39. The zero-order valence-electron chi connectivity index (χ0n) is 17.5.